The van der Waals surface area contributed by atoms with E-state index in [1.165, 1.54) is 45.0 Å². The van der Waals surface area contributed by atoms with E-state index in [0.717, 1.165) is 0 Å². The number of phenols is 1. The molecule has 14 atom stereocenters. The molecule has 0 bridgehead atoms. The van der Waals surface area contributed by atoms with Crippen molar-refractivity contribution in [2.45, 2.75) is 265 Å². The van der Waals surface area contributed by atoms with Crippen molar-refractivity contribution in [2.24, 2.45) is 58.3 Å². The lowest BCUT2D eigenvalue weighted by Crippen LogP contribution is -2.62. The Kier molecular flexibility index (Phi) is 43.2. The van der Waals surface area contributed by atoms with E-state index in [1.807, 2.05) is 0 Å². The second-order valence-corrected chi connectivity index (χ2v) is 28.0. The van der Waals surface area contributed by atoms with E-state index in [2.05, 4.69) is 63.8 Å². The summed E-state index contributed by atoms with van der Waals surface area (Å²) in [6.07, 6.45) is 2.93. The smallest absolute Gasteiger partial charge is 0.326 e. The third kappa shape index (κ3) is 33.8. The zero-order valence-electron chi connectivity index (χ0n) is 62.0. The normalized spacial score (nSPS) is 15.6. The van der Waals surface area contributed by atoms with Crippen LogP contribution in [0.25, 0.3) is 0 Å². The van der Waals surface area contributed by atoms with Gasteiger partial charge in [0.25, 0.3) is 0 Å². The second kappa shape index (κ2) is 48.0. The molecule has 1 aromatic rings. The van der Waals surface area contributed by atoms with Crippen LogP contribution in [0, 0.1) is 29.6 Å². The fourth-order valence-electron chi connectivity index (χ4n) is 10.6. The van der Waals surface area contributed by atoms with E-state index in [1.54, 1.807) is 69.2 Å². The molecule has 0 unspecified atom stereocenters. The molecule has 0 aliphatic rings. The van der Waals surface area contributed by atoms with Gasteiger partial charge in [-0.25, -0.2) is 4.79 Å². The summed E-state index contributed by atoms with van der Waals surface area (Å²) in [6, 6.07) is -11.4. The summed E-state index contributed by atoms with van der Waals surface area (Å²) in [5, 5.41) is 62.0. The Bertz CT molecular complexity index is 2850. The van der Waals surface area contributed by atoms with Crippen LogP contribution in [0.5, 0.6) is 5.75 Å². The van der Waals surface area contributed by atoms with Crippen LogP contribution in [-0.4, -0.2) is 203 Å². The number of rotatable bonds is 50. The van der Waals surface area contributed by atoms with Gasteiger partial charge in [0, 0.05) is 6.42 Å². The number of carbonyl (C=O) groups is 13. The molecule has 0 aliphatic carbocycles. The maximum absolute atomic E-state index is 14.3. The summed E-state index contributed by atoms with van der Waals surface area (Å²) in [5.41, 5.74) is 29.5. The number of phenolic OH excluding ortho intramolecular Hbond substituents is 1. The number of hydrogen-bond donors (Lipinski definition) is 20. The van der Waals surface area contributed by atoms with Crippen molar-refractivity contribution in [3.05, 3.63) is 29.8 Å². The number of carboxylic acid groups (broad SMARTS) is 1. The highest BCUT2D eigenvalue weighted by atomic mass is 16.4. The molecule has 33 nitrogen and oxygen atoms in total. The van der Waals surface area contributed by atoms with E-state index < -0.39 is 185 Å². The maximum atomic E-state index is 14.3. The molecule has 0 spiro atoms. The molecular weight excluding hydrogens is 1320 g/mol. The molecule has 1 aromatic carbocycles. The van der Waals surface area contributed by atoms with Gasteiger partial charge < -0.3 is 108 Å². The van der Waals surface area contributed by atoms with Crippen LogP contribution in [0.15, 0.2) is 24.3 Å². The Balaban J connectivity index is 3.38. The van der Waals surface area contributed by atoms with Crippen LogP contribution in [-0.2, 0) is 68.7 Å². The number of nitrogens with one attached hydrogen (secondary N) is 12. The fourth-order valence-corrected chi connectivity index (χ4v) is 10.6. The Morgan fingerprint density at radius 2 is 0.637 bits per heavy atom. The fraction of sp³-hybridized carbons (Fsp3) is 0.725. The van der Waals surface area contributed by atoms with Gasteiger partial charge in [-0.3, -0.25) is 57.5 Å². The lowest BCUT2D eigenvalue weighted by molar-refractivity contribution is -0.143. The highest BCUT2D eigenvalue weighted by molar-refractivity contribution is 6.00. The molecule has 102 heavy (non-hydrogen) atoms. The highest BCUT2D eigenvalue weighted by Crippen LogP contribution is 2.17. The number of benzene rings is 1. The average Bonchev–Trinajstić information content (AvgIpc) is 0.850. The van der Waals surface area contributed by atoms with Crippen LogP contribution in [0.4, 0.5) is 0 Å². The van der Waals surface area contributed by atoms with Crippen LogP contribution < -0.4 is 92.5 Å². The van der Waals surface area contributed by atoms with Crippen molar-refractivity contribution < 1.29 is 77.6 Å². The number of unbranched alkanes of at least 4 members (excludes halogenated alkanes) is 4. The van der Waals surface area contributed by atoms with Crippen molar-refractivity contribution in [3.63, 3.8) is 0 Å². The van der Waals surface area contributed by atoms with E-state index in [4.69, 9.17) is 28.7 Å². The van der Waals surface area contributed by atoms with Gasteiger partial charge in [-0.05, 0) is 171 Å². The lowest BCUT2D eigenvalue weighted by atomic mass is 9.98. The quantitative estimate of drug-likeness (QED) is 0.0307. The number of amides is 12. The standard InChI is InChI=1S/C69H123N17O16/c1-36(2)34-50(63(95)85-55(40(9)10)69(101)102)80-66(98)53(38(5)6)83-64(96)51(35-44-26-28-45(88)29-27-44)81-68(100)56(43(13)87)86-58(90)42(12)75-57(89)41(11)76-65(97)52(37(3)4)84-67(99)54(39(7)8)82-62(94)49(25-17-21-33-73)79-61(93)48(24-16-20-32-72)78-60(92)47(23-15-19-31-71)77-59(91)46(74)22-14-18-30-70/h26-29,36-43,46-56,87-88H,14-25,30-35,70-74H2,1-13H3,(H,75,89)(H,76,97)(H,77,91)(H,78,92)(H,79,93)(H,80,98)(H,81,100)(H,82,94)(H,83,96)(H,84,99)(H,85,95)(H,86,90)(H,101,102)/t41-,42-,43+,46-,47-,48-,49-,50-,51-,52-,53-,54-,55-,56-/m0/s1. The first-order chi connectivity index (χ1) is 47.8. The van der Waals surface area contributed by atoms with Crippen LogP contribution in [0.2, 0.25) is 0 Å². The Morgan fingerprint density at radius 1 is 0.343 bits per heavy atom. The zero-order valence-corrected chi connectivity index (χ0v) is 62.0. The van der Waals surface area contributed by atoms with Crippen LogP contribution in [0.1, 0.15) is 179 Å². The summed E-state index contributed by atoms with van der Waals surface area (Å²) >= 11 is 0. The van der Waals surface area contributed by atoms with Gasteiger partial charge in [-0.15, -0.1) is 0 Å². The lowest BCUT2D eigenvalue weighted by Gasteiger charge is -2.30. The zero-order chi connectivity index (χ0) is 77.7. The van der Waals surface area contributed by atoms with Crippen LogP contribution >= 0.6 is 0 Å². The van der Waals surface area contributed by atoms with E-state index in [0.29, 0.717) is 76.4 Å². The number of carboxylic acids is 1. The minimum atomic E-state index is -1.77. The number of aromatic hydroxyl groups is 1. The third-order valence-electron chi connectivity index (χ3n) is 16.9. The minimum Gasteiger partial charge on any atom is -0.508 e. The molecule has 0 saturated heterocycles. The number of aliphatic carboxylic acids is 1. The molecule has 0 heterocycles. The number of carbonyl (C=O) groups excluding carboxylic acids is 12. The van der Waals surface area contributed by atoms with Gasteiger partial charge in [0.1, 0.15) is 78.3 Å². The molecular formula is C69H123N17O16. The summed E-state index contributed by atoms with van der Waals surface area (Å²) in [5.74, 6) is -13.6. The molecule has 0 aliphatic heterocycles. The molecule has 12 amide bonds. The number of aliphatic hydroxyl groups excluding tert-OH is 1. The van der Waals surface area contributed by atoms with Crippen LogP contribution in [0.3, 0.4) is 0 Å². The minimum absolute atomic E-state index is 0.0668. The second-order valence-electron chi connectivity index (χ2n) is 28.0. The molecule has 1 rings (SSSR count). The van der Waals surface area contributed by atoms with Crippen molar-refractivity contribution in [3.8, 4) is 5.75 Å². The Labute approximate surface area is 600 Å². The van der Waals surface area contributed by atoms with E-state index in [-0.39, 0.29) is 56.9 Å². The number of nitrogens with two attached hydrogens (primary N) is 5. The van der Waals surface area contributed by atoms with E-state index >= 15 is 0 Å². The number of hydrogen-bond acceptors (Lipinski definition) is 20. The third-order valence-corrected chi connectivity index (χ3v) is 16.9. The molecule has 580 valence electrons. The molecule has 0 fully saturated rings. The van der Waals surface area contributed by atoms with Crippen molar-refractivity contribution in [1.82, 2.24) is 63.8 Å². The van der Waals surface area contributed by atoms with Gasteiger partial charge in [-0.1, -0.05) is 87.8 Å². The molecule has 33 heteroatoms. The predicted octanol–water partition coefficient (Wildman–Crippen LogP) is -2.23. The first-order valence-electron chi connectivity index (χ1n) is 35.7. The summed E-state index contributed by atoms with van der Waals surface area (Å²) in [4.78, 5) is 179. The van der Waals surface area contributed by atoms with Crippen molar-refractivity contribution in [1.29, 1.82) is 0 Å². The predicted molar refractivity (Wildman–Crippen MR) is 384 cm³/mol. The SMILES string of the molecule is CC(C)C[C@H](NC(=O)[C@@H](NC(=O)[C@H](Cc1ccc(O)cc1)NC(=O)[C@@H](NC(=O)[C@H](C)NC(=O)[C@H](C)NC(=O)[C@@H](NC(=O)[C@@H](NC(=O)[C@H](CCCCN)NC(=O)[C@H](CCCCN)NC(=O)[C@H](CCCCN)NC(=O)[C@@H](N)CCCCN)C(C)C)C(C)C)[C@@H](C)O)C(C)C)C(=O)N[C@H](C(=O)O)C(C)C. The summed E-state index contributed by atoms with van der Waals surface area (Å²) in [7, 11) is 0. The number of aliphatic hydroxyl groups is 1. The molecule has 0 saturated carbocycles. The van der Waals surface area contributed by atoms with Gasteiger partial charge in [0.15, 0.2) is 0 Å². The summed E-state index contributed by atoms with van der Waals surface area (Å²) in [6.45, 7) is 21.6. The molecule has 0 aromatic heterocycles. The maximum Gasteiger partial charge on any atom is 0.326 e. The highest BCUT2D eigenvalue weighted by Gasteiger charge is 2.39. The first-order valence-corrected chi connectivity index (χ1v) is 35.7. The van der Waals surface area contributed by atoms with Crippen molar-refractivity contribution in [2.75, 3.05) is 26.2 Å². The summed E-state index contributed by atoms with van der Waals surface area (Å²) < 4.78 is 0. The van der Waals surface area contributed by atoms with E-state index in [9.17, 15) is 77.6 Å². The first kappa shape index (κ1) is 91.9. The van der Waals surface area contributed by atoms with Gasteiger partial charge in [0.2, 0.25) is 70.9 Å². The van der Waals surface area contributed by atoms with Crippen molar-refractivity contribution >= 4 is 76.9 Å². The Hall–Kier alpha value is -8.11. The van der Waals surface area contributed by atoms with Gasteiger partial charge in [0.05, 0.1) is 12.1 Å². The largest absolute Gasteiger partial charge is 0.508 e. The molecule has 25 N–H and O–H groups in total. The van der Waals surface area contributed by atoms with Gasteiger partial charge in [-0.2, -0.15) is 0 Å². The molecule has 0 radical (unpaired) electrons. The Morgan fingerprint density at radius 3 is 1.03 bits per heavy atom. The topological polar surface area (TPSA) is 557 Å². The average molecular weight is 1450 g/mol. The monoisotopic (exact) mass is 1450 g/mol. The van der Waals surface area contributed by atoms with Gasteiger partial charge >= 0.3 is 5.97 Å².